The average molecular weight is 400 g/mol. The number of halogens is 1. The number of nitrogens with zero attached hydrogens (tertiary/aromatic N) is 3. The molecule has 2 heterocycles. The van der Waals surface area contributed by atoms with E-state index in [1.54, 1.807) is 0 Å². The number of anilines is 1. The average Bonchev–Trinajstić information content (AvgIpc) is 3.31. The van der Waals surface area contributed by atoms with E-state index in [0.29, 0.717) is 12.5 Å². The molecule has 0 aliphatic heterocycles. The third-order valence-electron chi connectivity index (χ3n) is 4.88. The standard InChI is InChI=1S/C23H18ClN5/c24-19-9-3-1-7-16(19)14-29-15-17(18-8-2-6-12-22(18)29)13-25-28-23-26-20-10-4-5-11-21(20)27-23/h1-13,15H,14H2,(H2,26,27,28). The number of H-pyrrole nitrogens is 1. The molecule has 0 saturated heterocycles. The molecule has 2 aromatic heterocycles. The van der Waals surface area contributed by atoms with Crippen molar-refractivity contribution >= 4 is 45.7 Å². The second kappa shape index (κ2) is 7.45. The molecule has 0 unspecified atom stereocenters. The Kier molecular flexibility index (Phi) is 4.50. The summed E-state index contributed by atoms with van der Waals surface area (Å²) in [6.45, 7) is 0.699. The molecular formula is C23H18ClN5. The second-order valence-corrected chi connectivity index (χ2v) is 7.20. The van der Waals surface area contributed by atoms with Gasteiger partial charge in [0.15, 0.2) is 0 Å². The molecule has 29 heavy (non-hydrogen) atoms. The fourth-order valence-corrected chi connectivity index (χ4v) is 3.68. The first-order valence-corrected chi connectivity index (χ1v) is 9.71. The maximum atomic E-state index is 6.36. The lowest BCUT2D eigenvalue weighted by molar-refractivity contribution is 0.836. The van der Waals surface area contributed by atoms with E-state index in [1.807, 2.05) is 66.9 Å². The first-order valence-electron chi connectivity index (χ1n) is 9.33. The van der Waals surface area contributed by atoms with Gasteiger partial charge >= 0.3 is 0 Å². The largest absolute Gasteiger partial charge is 0.342 e. The van der Waals surface area contributed by atoms with Crippen LogP contribution in [0.3, 0.4) is 0 Å². The summed E-state index contributed by atoms with van der Waals surface area (Å²) >= 11 is 6.36. The Balaban J connectivity index is 1.44. The molecule has 0 atom stereocenters. The smallest absolute Gasteiger partial charge is 0.222 e. The van der Waals surface area contributed by atoms with Gasteiger partial charge in [-0.25, -0.2) is 10.4 Å². The van der Waals surface area contributed by atoms with Gasteiger partial charge in [0.2, 0.25) is 5.95 Å². The molecule has 5 rings (SSSR count). The normalized spacial score (nSPS) is 11.6. The highest BCUT2D eigenvalue weighted by atomic mass is 35.5. The summed E-state index contributed by atoms with van der Waals surface area (Å²) in [4.78, 5) is 7.68. The van der Waals surface area contributed by atoms with Crippen molar-refractivity contribution in [3.63, 3.8) is 0 Å². The van der Waals surface area contributed by atoms with Crippen LogP contribution in [0.4, 0.5) is 5.95 Å². The van der Waals surface area contributed by atoms with Crippen LogP contribution in [-0.2, 0) is 6.54 Å². The van der Waals surface area contributed by atoms with Gasteiger partial charge in [0.05, 0.1) is 17.2 Å². The minimum Gasteiger partial charge on any atom is -0.342 e. The monoisotopic (exact) mass is 399 g/mol. The van der Waals surface area contributed by atoms with Gasteiger partial charge < -0.3 is 9.55 Å². The van der Waals surface area contributed by atoms with E-state index in [1.165, 1.54) is 0 Å². The summed E-state index contributed by atoms with van der Waals surface area (Å²) in [6, 6.07) is 24.1. The van der Waals surface area contributed by atoms with E-state index < -0.39 is 0 Å². The van der Waals surface area contributed by atoms with E-state index in [9.17, 15) is 0 Å². The Labute approximate surface area is 172 Å². The van der Waals surface area contributed by atoms with Crippen molar-refractivity contribution < 1.29 is 0 Å². The van der Waals surface area contributed by atoms with Crippen LogP contribution in [0, 0.1) is 0 Å². The van der Waals surface area contributed by atoms with E-state index in [-0.39, 0.29) is 0 Å². The van der Waals surface area contributed by atoms with Crippen molar-refractivity contribution in [2.75, 3.05) is 5.43 Å². The first-order chi connectivity index (χ1) is 14.3. The summed E-state index contributed by atoms with van der Waals surface area (Å²) in [6.07, 6.45) is 3.91. The summed E-state index contributed by atoms with van der Waals surface area (Å²) in [5.41, 5.74) is 8.11. The van der Waals surface area contributed by atoms with Crippen LogP contribution in [0.15, 0.2) is 84.1 Å². The molecule has 0 fully saturated rings. The topological polar surface area (TPSA) is 58.0 Å². The lowest BCUT2D eigenvalue weighted by Crippen LogP contribution is -1.98. The molecule has 5 nitrogen and oxygen atoms in total. The van der Waals surface area contributed by atoms with Crippen LogP contribution in [0.2, 0.25) is 5.02 Å². The third kappa shape index (κ3) is 3.48. The van der Waals surface area contributed by atoms with Crippen molar-refractivity contribution in [2.45, 2.75) is 6.54 Å². The van der Waals surface area contributed by atoms with Crippen LogP contribution in [0.5, 0.6) is 0 Å². The molecule has 0 saturated carbocycles. The maximum Gasteiger partial charge on any atom is 0.222 e. The Morgan fingerprint density at radius 1 is 1.00 bits per heavy atom. The zero-order chi connectivity index (χ0) is 19.6. The number of rotatable bonds is 5. The van der Waals surface area contributed by atoms with Crippen molar-refractivity contribution in [2.24, 2.45) is 5.10 Å². The van der Waals surface area contributed by atoms with Gasteiger partial charge in [-0.3, -0.25) is 0 Å². The van der Waals surface area contributed by atoms with Gasteiger partial charge in [-0.2, -0.15) is 5.10 Å². The Morgan fingerprint density at radius 3 is 2.69 bits per heavy atom. The van der Waals surface area contributed by atoms with Crippen molar-refractivity contribution in [1.82, 2.24) is 14.5 Å². The molecule has 0 aliphatic rings. The van der Waals surface area contributed by atoms with Gasteiger partial charge in [0.1, 0.15) is 0 Å². The lowest BCUT2D eigenvalue weighted by atomic mass is 10.2. The zero-order valence-corrected chi connectivity index (χ0v) is 16.3. The zero-order valence-electron chi connectivity index (χ0n) is 15.5. The minimum atomic E-state index is 0.613. The van der Waals surface area contributed by atoms with Crippen molar-refractivity contribution in [1.29, 1.82) is 0 Å². The van der Waals surface area contributed by atoms with E-state index in [2.05, 4.69) is 43.4 Å². The SMILES string of the molecule is Clc1ccccc1Cn1cc(C=NNc2nc3ccccc3[nH]2)c2ccccc21. The van der Waals surface area contributed by atoms with Crippen molar-refractivity contribution in [3.8, 4) is 0 Å². The van der Waals surface area contributed by atoms with E-state index in [4.69, 9.17) is 11.6 Å². The molecule has 2 N–H and O–H groups in total. The third-order valence-corrected chi connectivity index (χ3v) is 5.25. The molecule has 0 spiro atoms. The molecule has 0 radical (unpaired) electrons. The predicted octanol–water partition coefficient (Wildman–Crippen LogP) is 5.67. The first kappa shape index (κ1) is 17.5. The number of hydrazone groups is 1. The lowest BCUT2D eigenvalue weighted by Gasteiger charge is -2.07. The van der Waals surface area contributed by atoms with Crippen LogP contribution < -0.4 is 5.43 Å². The Bertz CT molecular complexity index is 1300. The quantitative estimate of drug-likeness (QED) is 0.295. The number of hydrogen-bond donors (Lipinski definition) is 2. The van der Waals surface area contributed by atoms with Gasteiger partial charge in [-0.1, -0.05) is 60.1 Å². The van der Waals surface area contributed by atoms with Gasteiger partial charge in [0.25, 0.3) is 0 Å². The maximum absolute atomic E-state index is 6.36. The van der Waals surface area contributed by atoms with Crippen LogP contribution >= 0.6 is 11.6 Å². The Morgan fingerprint density at radius 2 is 1.79 bits per heavy atom. The highest BCUT2D eigenvalue weighted by Crippen LogP contribution is 2.23. The van der Waals surface area contributed by atoms with Gasteiger partial charge in [-0.15, -0.1) is 0 Å². The molecular weight excluding hydrogens is 382 g/mol. The second-order valence-electron chi connectivity index (χ2n) is 6.79. The van der Waals surface area contributed by atoms with Crippen molar-refractivity contribution in [3.05, 3.63) is 95.1 Å². The number of hydrogen-bond acceptors (Lipinski definition) is 3. The van der Waals surface area contributed by atoms with Crippen LogP contribution in [0.1, 0.15) is 11.1 Å². The molecule has 0 aliphatic carbocycles. The summed E-state index contributed by atoms with van der Waals surface area (Å²) in [7, 11) is 0. The predicted molar refractivity (Wildman–Crippen MR) is 120 cm³/mol. The summed E-state index contributed by atoms with van der Waals surface area (Å²) < 4.78 is 2.19. The summed E-state index contributed by atoms with van der Waals surface area (Å²) in [5.74, 6) is 0.613. The fourth-order valence-electron chi connectivity index (χ4n) is 3.49. The van der Waals surface area contributed by atoms with Gasteiger partial charge in [-0.05, 0) is 29.8 Å². The number of imidazole rings is 1. The fraction of sp³-hybridized carbons (Fsp3) is 0.0435. The van der Waals surface area contributed by atoms with E-state index in [0.717, 1.165) is 38.1 Å². The molecule has 5 aromatic rings. The molecule has 142 valence electrons. The van der Waals surface area contributed by atoms with Crippen LogP contribution in [-0.4, -0.2) is 20.7 Å². The highest BCUT2D eigenvalue weighted by molar-refractivity contribution is 6.31. The minimum absolute atomic E-state index is 0.613. The molecule has 6 heteroatoms. The van der Waals surface area contributed by atoms with E-state index >= 15 is 0 Å². The molecule has 3 aromatic carbocycles. The number of aromatic amines is 1. The molecule has 0 amide bonds. The number of aromatic nitrogens is 3. The number of benzene rings is 3. The highest BCUT2D eigenvalue weighted by Gasteiger charge is 2.08. The number of fused-ring (bicyclic) bond motifs is 2. The Hall–Kier alpha value is -3.57. The number of para-hydroxylation sites is 3. The summed E-state index contributed by atoms with van der Waals surface area (Å²) in [5, 5.41) is 6.29. The molecule has 0 bridgehead atoms. The van der Waals surface area contributed by atoms with Gasteiger partial charge in [0, 0.05) is 34.2 Å². The van der Waals surface area contributed by atoms with Crippen LogP contribution in [0.25, 0.3) is 21.9 Å². The number of nitrogens with one attached hydrogen (secondary N) is 2.